The number of amides is 1. The smallest absolute Gasteiger partial charge is 0.234 e. The second-order valence-electron chi connectivity index (χ2n) is 6.63. The Hall–Kier alpha value is -1.73. The van der Waals surface area contributed by atoms with E-state index in [0.29, 0.717) is 32.8 Å². The van der Waals surface area contributed by atoms with Crippen LogP contribution in [0.3, 0.4) is 0 Å². The fourth-order valence-corrected chi connectivity index (χ4v) is 3.65. The van der Waals surface area contributed by atoms with Crippen molar-refractivity contribution in [2.75, 3.05) is 33.4 Å². The van der Waals surface area contributed by atoms with Crippen molar-refractivity contribution in [3.05, 3.63) is 69.7 Å². The van der Waals surface area contributed by atoms with Gasteiger partial charge in [0.05, 0.1) is 25.9 Å². The Kier molecular flexibility index (Phi) is 7.41. The SMILES string of the molecule is COCc1ccccc1CNC(=O)CN1CCOC(c2cccc(Br)c2)C1. The molecular formula is C21H25BrN2O3. The van der Waals surface area contributed by atoms with Gasteiger partial charge in [-0.25, -0.2) is 0 Å². The van der Waals surface area contributed by atoms with Gasteiger partial charge in [-0.15, -0.1) is 0 Å². The van der Waals surface area contributed by atoms with Crippen LogP contribution < -0.4 is 5.32 Å². The van der Waals surface area contributed by atoms with E-state index in [0.717, 1.165) is 27.7 Å². The number of carbonyl (C=O) groups excluding carboxylic acids is 1. The van der Waals surface area contributed by atoms with E-state index in [1.54, 1.807) is 7.11 Å². The topological polar surface area (TPSA) is 50.8 Å². The van der Waals surface area contributed by atoms with Gasteiger partial charge in [0.1, 0.15) is 0 Å². The van der Waals surface area contributed by atoms with Crippen molar-refractivity contribution in [3.8, 4) is 0 Å². The maximum Gasteiger partial charge on any atom is 0.234 e. The number of hydrogen-bond acceptors (Lipinski definition) is 4. The van der Waals surface area contributed by atoms with Crippen LogP contribution in [0.2, 0.25) is 0 Å². The van der Waals surface area contributed by atoms with Gasteiger partial charge in [-0.1, -0.05) is 52.3 Å². The van der Waals surface area contributed by atoms with Gasteiger partial charge >= 0.3 is 0 Å². The van der Waals surface area contributed by atoms with Crippen LogP contribution in [0, 0.1) is 0 Å². The summed E-state index contributed by atoms with van der Waals surface area (Å²) in [5.41, 5.74) is 3.31. The first-order valence-electron chi connectivity index (χ1n) is 9.07. The molecule has 0 aromatic heterocycles. The first-order valence-corrected chi connectivity index (χ1v) is 9.87. The Labute approximate surface area is 168 Å². The first-order chi connectivity index (χ1) is 13.2. The predicted molar refractivity (Wildman–Crippen MR) is 108 cm³/mol. The van der Waals surface area contributed by atoms with Crippen molar-refractivity contribution < 1.29 is 14.3 Å². The lowest BCUT2D eigenvalue weighted by Gasteiger charge is -2.32. The van der Waals surface area contributed by atoms with Crippen LogP contribution >= 0.6 is 15.9 Å². The minimum absolute atomic E-state index is 0.00789. The minimum atomic E-state index is -0.00789. The molecule has 1 unspecified atom stereocenters. The highest BCUT2D eigenvalue weighted by Crippen LogP contribution is 2.24. The molecule has 0 bridgehead atoms. The summed E-state index contributed by atoms with van der Waals surface area (Å²) in [6.07, 6.45) is -0.00789. The summed E-state index contributed by atoms with van der Waals surface area (Å²) >= 11 is 3.50. The molecule has 1 N–H and O–H groups in total. The molecule has 2 aromatic carbocycles. The highest BCUT2D eigenvalue weighted by atomic mass is 79.9. The van der Waals surface area contributed by atoms with E-state index in [2.05, 4.69) is 38.3 Å². The minimum Gasteiger partial charge on any atom is -0.380 e. The van der Waals surface area contributed by atoms with Gasteiger partial charge in [-0.3, -0.25) is 9.69 Å². The lowest BCUT2D eigenvalue weighted by Crippen LogP contribution is -2.44. The number of hydrogen-bond donors (Lipinski definition) is 1. The molecule has 1 saturated heterocycles. The number of benzene rings is 2. The van der Waals surface area contributed by atoms with E-state index >= 15 is 0 Å². The second-order valence-corrected chi connectivity index (χ2v) is 7.54. The molecule has 0 aliphatic carbocycles. The van der Waals surface area contributed by atoms with Crippen LogP contribution in [0.5, 0.6) is 0 Å². The molecule has 27 heavy (non-hydrogen) atoms. The van der Waals surface area contributed by atoms with E-state index in [4.69, 9.17) is 9.47 Å². The number of methoxy groups -OCH3 is 1. The van der Waals surface area contributed by atoms with Gasteiger partial charge in [0.25, 0.3) is 0 Å². The number of rotatable bonds is 7. The molecule has 0 radical (unpaired) electrons. The first kappa shape index (κ1) is 20.0. The summed E-state index contributed by atoms with van der Waals surface area (Å²) in [6, 6.07) is 16.1. The molecule has 6 heteroatoms. The predicted octanol–water partition coefficient (Wildman–Crippen LogP) is 3.29. The maximum atomic E-state index is 12.4. The third kappa shape index (κ3) is 5.87. The van der Waals surface area contributed by atoms with Crippen molar-refractivity contribution >= 4 is 21.8 Å². The van der Waals surface area contributed by atoms with Crippen molar-refractivity contribution in [1.82, 2.24) is 10.2 Å². The van der Waals surface area contributed by atoms with E-state index in [1.165, 1.54) is 0 Å². The number of nitrogens with one attached hydrogen (secondary N) is 1. The zero-order valence-electron chi connectivity index (χ0n) is 15.5. The fraction of sp³-hybridized carbons (Fsp3) is 0.381. The Morgan fingerprint density at radius 1 is 1.26 bits per heavy atom. The monoisotopic (exact) mass is 432 g/mol. The maximum absolute atomic E-state index is 12.4. The van der Waals surface area contributed by atoms with Gasteiger partial charge in [0, 0.05) is 31.2 Å². The zero-order chi connectivity index (χ0) is 19.1. The third-order valence-electron chi connectivity index (χ3n) is 4.63. The Morgan fingerprint density at radius 2 is 2.07 bits per heavy atom. The summed E-state index contributed by atoms with van der Waals surface area (Å²) in [4.78, 5) is 14.6. The standard InChI is InChI=1S/C21H25BrN2O3/c1-26-15-18-6-3-2-5-17(18)12-23-21(25)14-24-9-10-27-20(13-24)16-7-4-8-19(22)11-16/h2-8,11,20H,9-10,12-15H2,1H3,(H,23,25). The molecule has 2 aromatic rings. The van der Waals surface area contributed by atoms with Crippen LogP contribution in [0.4, 0.5) is 0 Å². The normalized spacial score (nSPS) is 17.6. The molecular weight excluding hydrogens is 408 g/mol. The Balaban J connectivity index is 1.52. The molecule has 1 aliphatic rings. The summed E-state index contributed by atoms with van der Waals surface area (Å²) in [7, 11) is 1.68. The van der Waals surface area contributed by atoms with Gasteiger partial charge in [0.15, 0.2) is 0 Å². The lowest BCUT2D eigenvalue weighted by molar-refractivity contribution is -0.124. The van der Waals surface area contributed by atoms with Crippen LogP contribution in [-0.2, 0) is 27.4 Å². The third-order valence-corrected chi connectivity index (χ3v) is 5.13. The van der Waals surface area contributed by atoms with Crippen molar-refractivity contribution in [2.45, 2.75) is 19.3 Å². The molecule has 0 spiro atoms. The molecule has 1 atom stereocenters. The number of morpholine rings is 1. The van der Waals surface area contributed by atoms with Crippen molar-refractivity contribution in [2.24, 2.45) is 0 Å². The zero-order valence-corrected chi connectivity index (χ0v) is 17.1. The average molecular weight is 433 g/mol. The van der Waals surface area contributed by atoms with E-state index in [1.807, 2.05) is 36.4 Å². The van der Waals surface area contributed by atoms with Gasteiger partial charge in [-0.05, 0) is 28.8 Å². The van der Waals surface area contributed by atoms with E-state index in [-0.39, 0.29) is 12.0 Å². The number of ether oxygens (including phenoxy) is 2. The molecule has 1 heterocycles. The van der Waals surface area contributed by atoms with Gasteiger partial charge in [0.2, 0.25) is 5.91 Å². The van der Waals surface area contributed by atoms with E-state index < -0.39 is 0 Å². The van der Waals surface area contributed by atoms with E-state index in [9.17, 15) is 4.79 Å². The van der Waals surface area contributed by atoms with Crippen LogP contribution in [0.1, 0.15) is 22.8 Å². The molecule has 144 valence electrons. The average Bonchev–Trinajstić information content (AvgIpc) is 2.68. The van der Waals surface area contributed by atoms with Crippen molar-refractivity contribution in [3.63, 3.8) is 0 Å². The Bertz CT molecular complexity index is 769. The highest BCUT2D eigenvalue weighted by Gasteiger charge is 2.23. The number of nitrogens with zero attached hydrogens (tertiary/aromatic N) is 1. The molecule has 1 fully saturated rings. The largest absolute Gasteiger partial charge is 0.380 e. The van der Waals surface area contributed by atoms with Gasteiger partial charge in [-0.2, -0.15) is 0 Å². The van der Waals surface area contributed by atoms with Crippen LogP contribution in [0.25, 0.3) is 0 Å². The van der Waals surface area contributed by atoms with Crippen molar-refractivity contribution in [1.29, 1.82) is 0 Å². The number of halogens is 1. The quantitative estimate of drug-likeness (QED) is 0.728. The summed E-state index contributed by atoms with van der Waals surface area (Å²) in [5.74, 6) is 0.0251. The summed E-state index contributed by atoms with van der Waals surface area (Å²) < 4.78 is 12.2. The highest BCUT2D eigenvalue weighted by molar-refractivity contribution is 9.10. The second kappa shape index (κ2) is 9.99. The molecule has 3 rings (SSSR count). The van der Waals surface area contributed by atoms with Gasteiger partial charge < -0.3 is 14.8 Å². The lowest BCUT2D eigenvalue weighted by atomic mass is 10.1. The van der Waals surface area contributed by atoms with Crippen LogP contribution in [-0.4, -0.2) is 44.2 Å². The Morgan fingerprint density at radius 3 is 2.85 bits per heavy atom. The summed E-state index contributed by atoms with van der Waals surface area (Å²) in [5, 5.41) is 3.02. The number of carbonyl (C=O) groups is 1. The molecule has 5 nitrogen and oxygen atoms in total. The molecule has 1 aliphatic heterocycles. The fourth-order valence-electron chi connectivity index (χ4n) is 3.23. The summed E-state index contributed by atoms with van der Waals surface area (Å²) in [6.45, 7) is 3.53. The molecule has 1 amide bonds. The van der Waals surface area contributed by atoms with Crippen LogP contribution in [0.15, 0.2) is 53.0 Å². The molecule has 0 saturated carbocycles.